The molecule has 1 unspecified atom stereocenters. The third kappa shape index (κ3) is 9.31. The lowest BCUT2D eigenvalue weighted by Crippen LogP contribution is -2.50. The van der Waals surface area contributed by atoms with E-state index in [-0.39, 0.29) is 5.75 Å². The van der Waals surface area contributed by atoms with Gasteiger partial charge in [0.2, 0.25) is 0 Å². The molecule has 0 saturated carbocycles. The first-order valence-electron chi connectivity index (χ1n) is 8.73. The van der Waals surface area contributed by atoms with E-state index in [1.807, 2.05) is 0 Å². The van der Waals surface area contributed by atoms with Gasteiger partial charge in [-0.15, -0.1) is 0 Å². The average molecular weight is 352 g/mol. The van der Waals surface area contributed by atoms with Gasteiger partial charge in [-0.2, -0.15) is 0 Å². The van der Waals surface area contributed by atoms with Gasteiger partial charge in [-0.05, 0) is 57.4 Å². The normalized spacial score (nSPS) is 14.2. The van der Waals surface area contributed by atoms with Crippen LogP contribution in [0.5, 0.6) is 5.75 Å². The van der Waals surface area contributed by atoms with Crippen LogP contribution in [0.2, 0.25) is 0 Å². The summed E-state index contributed by atoms with van der Waals surface area (Å²) in [4.78, 5) is 12.1. The number of aromatic hydroxyl groups is 1. The zero-order chi connectivity index (χ0) is 19.0. The maximum absolute atomic E-state index is 12.1. The fraction of sp³-hybridized carbons (Fsp3) is 0.632. The number of phenolic OH excluding ortho intramolecular Hbond substituents is 1. The predicted molar refractivity (Wildman–Crippen MR) is 98.7 cm³/mol. The Morgan fingerprint density at radius 2 is 1.76 bits per heavy atom. The summed E-state index contributed by atoms with van der Waals surface area (Å²) >= 11 is 0. The first-order chi connectivity index (χ1) is 11.6. The topological polar surface area (TPSA) is 90.8 Å². The van der Waals surface area contributed by atoms with Crippen molar-refractivity contribution in [1.82, 2.24) is 10.6 Å². The van der Waals surface area contributed by atoms with Crippen LogP contribution in [-0.4, -0.2) is 47.1 Å². The zero-order valence-corrected chi connectivity index (χ0v) is 15.9. The van der Waals surface area contributed by atoms with E-state index in [1.54, 1.807) is 45.0 Å². The highest BCUT2D eigenvalue weighted by Gasteiger charge is 2.25. The molecule has 0 bridgehead atoms. The highest BCUT2D eigenvalue weighted by Crippen LogP contribution is 2.13. The number of alkyl carbamates (subject to hydrolysis) is 1. The SMILES string of the molecule is CC(C)CNC[C@@H](O)C(Cc1ccc(O)cc1)NC(=O)OC(C)(C)C. The van der Waals surface area contributed by atoms with E-state index in [0.717, 1.165) is 12.1 Å². The minimum Gasteiger partial charge on any atom is -0.508 e. The van der Waals surface area contributed by atoms with E-state index in [4.69, 9.17) is 4.74 Å². The molecule has 0 aliphatic carbocycles. The van der Waals surface area contributed by atoms with Crippen molar-refractivity contribution in [2.75, 3.05) is 13.1 Å². The van der Waals surface area contributed by atoms with Crippen molar-refractivity contribution in [2.45, 2.75) is 58.8 Å². The minimum absolute atomic E-state index is 0.180. The minimum atomic E-state index is -0.764. The summed E-state index contributed by atoms with van der Waals surface area (Å²) in [5, 5.41) is 25.9. The van der Waals surface area contributed by atoms with Gasteiger partial charge in [0.25, 0.3) is 0 Å². The van der Waals surface area contributed by atoms with Crippen LogP contribution in [0.25, 0.3) is 0 Å². The van der Waals surface area contributed by atoms with Gasteiger partial charge in [0.1, 0.15) is 11.4 Å². The Morgan fingerprint density at radius 3 is 2.28 bits per heavy atom. The highest BCUT2D eigenvalue weighted by atomic mass is 16.6. The molecule has 1 aromatic rings. The Hall–Kier alpha value is -1.79. The van der Waals surface area contributed by atoms with Crippen molar-refractivity contribution in [3.05, 3.63) is 29.8 Å². The van der Waals surface area contributed by atoms with Crippen LogP contribution >= 0.6 is 0 Å². The molecule has 0 aromatic heterocycles. The Morgan fingerprint density at radius 1 is 1.16 bits per heavy atom. The molecule has 0 fully saturated rings. The number of hydrogen-bond donors (Lipinski definition) is 4. The molecule has 0 radical (unpaired) electrons. The van der Waals surface area contributed by atoms with Crippen LogP contribution in [0, 0.1) is 5.92 Å². The van der Waals surface area contributed by atoms with Crippen LogP contribution in [0.4, 0.5) is 4.79 Å². The maximum Gasteiger partial charge on any atom is 0.407 e. The molecule has 4 N–H and O–H groups in total. The lowest BCUT2D eigenvalue weighted by Gasteiger charge is -2.27. The zero-order valence-electron chi connectivity index (χ0n) is 15.9. The van der Waals surface area contributed by atoms with Crippen molar-refractivity contribution in [3.63, 3.8) is 0 Å². The van der Waals surface area contributed by atoms with Crippen LogP contribution in [0.1, 0.15) is 40.2 Å². The first kappa shape index (κ1) is 21.3. The molecule has 0 heterocycles. The third-order valence-electron chi connectivity index (χ3n) is 3.46. The molecule has 6 nitrogen and oxygen atoms in total. The molecular formula is C19H32N2O4. The van der Waals surface area contributed by atoms with Gasteiger partial charge in [-0.3, -0.25) is 0 Å². The lowest BCUT2D eigenvalue weighted by atomic mass is 10.0. The fourth-order valence-electron chi connectivity index (χ4n) is 2.29. The van der Waals surface area contributed by atoms with E-state index in [2.05, 4.69) is 24.5 Å². The summed E-state index contributed by atoms with van der Waals surface area (Å²) in [5.74, 6) is 0.654. The average Bonchev–Trinajstić information content (AvgIpc) is 2.46. The van der Waals surface area contributed by atoms with Crippen LogP contribution < -0.4 is 10.6 Å². The first-order valence-corrected chi connectivity index (χ1v) is 8.73. The summed E-state index contributed by atoms with van der Waals surface area (Å²) in [6.45, 7) is 10.7. The number of carbonyl (C=O) groups is 1. The van der Waals surface area contributed by atoms with E-state index in [9.17, 15) is 15.0 Å². The number of aliphatic hydroxyl groups is 1. The van der Waals surface area contributed by atoms with Crippen molar-refractivity contribution >= 4 is 6.09 Å². The van der Waals surface area contributed by atoms with Gasteiger partial charge in [-0.1, -0.05) is 26.0 Å². The quantitative estimate of drug-likeness (QED) is 0.577. The van der Waals surface area contributed by atoms with Gasteiger partial charge >= 0.3 is 6.09 Å². The van der Waals surface area contributed by atoms with E-state index in [1.165, 1.54) is 0 Å². The Labute approximate surface area is 150 Å². The lowest BCUT2D eigenvalue weighted by molar-refractivity contribution is 0.0422. The van der Waals surface area contributed by atoms with Crippen molar-refractivity contribution < 1.29 is 19.7 Å². The second-order valence-corrected chi connectivity index (χ2v) is 7.74. The van der Waals surface area contributed by atoms with E-state index in [0.29, 0.717) is 18.9 Å². The van der Waals surface area contributed by atoms with E-state index < -0.39 is 23.8 Å². The molecule has 1 amide bonds. The molecule has 1 rings (SSSR count). The molecule has 0 aliphatic heterocycles. The number of amides is 1. The number of nitrogens with one attached hydrogen (secondary N) is 2. The number of hydrogen-bond acceptors (Lipinski definition) is 5. The van der Waals surface area contributed by atoms with Gasteiger partial charge in [0, 0.05) is 6.54 Å². The summed E-state index contributed by atoms with van der Waals surface area (Å²) in [6, 6.07) is 6.21. The molecule has 25 heavy (non-hydrogen) atoms. The summed E-state index contributed by atoms with van der Waals surface area (Å²) in [5.41, 5.74) is 0.301. The highest BCUT2D eigenvalue weighted by molar-refractivity contribution is 5.68. The van der Waals surface area contributed by atoms with Crippen molar-refractivity contribution in [2.24, 2.45) is 5.92 Å². The van der Waals surface area contributed by atoms with Crippen LogP contribution in [-0.2, 0) is 11.2 Å². The molecule has 0 saturated heterocycles. The van der Waals surface area contributed by atoms with Gasteiger partial charge < -0.3 is 25.6 Å². The van der Waals surface area contributed by atoms with Crippen molar-refractivity contribution in [1.29, 1.82) is 0 Å². The number of carbonyl (C=O) groups excluding carboxylic acids is 1. The Kier molecular flexibility index (Phi) is 8.19. The monoisotopic (exact) mass is 352 g/mol. The summed E-state index contributed by atoms with van der Waals surface area (Å²) in [7, 11) is 0. The molecule has 6 heteroatoms. The summed E-state index contributed by atoms with van der Waals surface area (Å²) in [6.07, 6.45) is -0.886. The summed E-state index contributed by atoms with van der Waals surface area (Å²) < 4.78 is 5.30. The molecule has 2 atom stereocenters. The van der Waals surface area contributed by atoms with Gasteiger partial charge in [0.05, 0.1) is 12.1 Å². The molecule has 142 valence electrons. The number of phenols is 1. The third-order valence-corrected chi connectivity index (χ3v) is 3.46. The number of aliphatic hydroxyl groups excluding tert-OH is 1. The van der Waals surface area contributed by atoms with Gasteiger partial charge in [0.15, 0.2) is 0 Å². The molecule has 0 spiro atoms. The number of benzene rings is 1. The predicted octanol–water partition coefficient (Wildman–Crippen LogP) is 2.43. The van der Waals surface area contributed by atoms with Crippen LogP contribution in [0.3, 0.4) is 0 Å². The second kappa shape index (κ2) is 9.63. The number of rotatable bonds is 8. The fourth-order valence-corrected chi connectivity index (χ4v) is 2.29. The Bertz CT molecular complexity index is 523. The maximum atomic E-state index is 12.1. The number of ether oxygens (including phenoxy) is 1. The van der Waals surface area contributed by atoms with Crippen molar-refractivity contribution in [3.8, 4) is 5.75 Å². The van der Waals surface area contributed by atoms with Gasteiger partial charge in [-0.25, -0.2) is 4.79 Å². The largest absolute Gasteiger partial charge is 0.508 e. The molecule has 0 aliphatic rings. The standard InChI is InChI=1S/C19H32N2O4/c1-13(2)11-20-12-17(23)16(21-18(24)25-19(3,4)5)10-14-6-8-15(22)9-7-14/h6-9,13,16-17,20,22-23H,10-12H2,1-5H3,(H,21,24)/t16?,17-/m1/s1. The Balaban J connectivity index is 2.74. The van der Waals surface area contributed by atoms with E-state index >= 15 is 0 Å². The van der Waals surface area contributed by atoms with Crippen LogP contribution in [0.15, 0.2) is 24.3 Å². The smallest absolute Gasteiger partial charge is 0.407 e. The molecule has 1 aromatic carbocycles. The second-order valence-electron chi connectivity index (χ2n) is 7.74. The molecular weight excluding hydrogens is 320 g/mol.